The number of fused-ring (bicyclic) bond motifs is 1. The fraction of sp³-hybridized carbons (Fsp3) is 0.481. The molecular formula is C27H32N6O5. The predicted octanol–water partition coefficient (Wildman–Crippen LogP) is 4.77. The maximum atomic E-state index is 12.1. The van der Waals surface area contributed by atoms with E-state index in [4.69, 9.17) is 18.9 Å². The Morgan fingerprint density at radius 1 is 1.08 bits per heavy atom. The van der Waals surface area contributed by atoms with E-state index < -0.39 is 0 Å². The van der Waals surface area contributed by atoms with Crippen molar-refractivity contribution in [3.05, 3.63) is 59.4 Å². The van der Waals surface area contributed by atoms with E-state index in [0.717, 1.165) is 29.8 Å². The normalized spacial score (nSPS) is 20.2. The summed E-state index contributed by atoms with van der Waals surface area (Å²) in [5.74, 6) is 0.776. The summed E-state index contributed by atoms with van der Waals surface area (Å²) in [5.41, 5.74) is 3.06. The molecule has 11 heteroatoms. The molecule has 1 amide bonds. The number of likely N-dealkylation sites (tertiary alicyclic amines) is 1. The van der Waals surface area contributed by atoms with Crippen LogP contribution in [0.3, 0.4) is 0 Å². The average Bonchev–Trinajstić information content (AvgIpc) is 2.94. The van der Waals surface area contributed by atoms with Crippen molar-refractivity contribution in [1.82, 2.24) is 15.1 Å². The van der Waals surface area contributed by atoms with Gasteiger partial charge in [-0.25, -0.2) is 9.79 Å². The summed E-state index contributed by atoms with van der Waals surface area (Å²) >= 11 is 0. The van der Waals surface area contributed by atoms with Gasteiger partial charge in [-0.1, -0.05) is 18.2 Å². The largest absolute Gasteiger partial charge is 0.472 e. The SMILES string of the molecule is CC(C)OC(=O)N1CCC(OC(C)C2=CCOC(c3ccc(OC4CN=Nc5ccccc54)nn3)=N2)CC1. The van der Waals surface area contributed by atoms with E-state index in [9.17, 15) is 4.79 Å². The number of carbonyl (C=O) groups excluding carboxylic acids is 1. The number of nitrogens with zero attached hydrogens (tertiary/aromatic N) is 6. The molecule has 11 nitrogen and oxygen atoms in total. The van der Waals surface area contributed by atoms with Gasteiger partial charge in [0.05, 0.1) is 29.7 Å². The first kappa shape index (κ1) is 25.8. The average molecular weight is 521 g/mol. The molecule has 0 saturated carbocycles. The first-order chi connectivity index (χ1) is 18.5. The van der Waals surface area contributed by atoms with Crippen molar-refractivity contribution >= 4 is 17.7 Å². The minimum atomic E-state index is -0.271. The summed E-state index contributed by atoms with van der Waals surface area (Å²) in [6.07, 6.45) is 2.55. The van der Waals surface area contributed by atoms with Crippen LogP contribution in [0.2, 0.25) is 0 Å². The van der Waals surface area contributed by atoms with Crippen LogP contribution in [-0.4, -0.2) is 71.6 Å². The summed E-state index contributed by atoms with van der Waals surface area (Å²) in [5, 5.41) is 16.8. The van der Waals surface area contributed by atoms with E-state index in [2.05, 4.69) is 25.4 Å². The third kappa shape index (κ3) is 6.16. The van der Waals surface area contributed by atoms with E-state index in [0.29, 0.717) is 43.7 Å². The molecule has 1 aromatic carbocycles. The standard InChI is InChI=1S/C27H32N6O5/c1-17(2)36-27(34)33-13-10-19(11-14-33)37-18(3)21-12-15-35-26(29-21)23-8-9-25(32-31-23)38-24-16-28-30-22-7-5-4-6-20(22)24/h4-9,12,17-19,24H,10-11,13-16H2,1-3H3. The fourth-order valence-corrected chi connectivity index (χ4v) is 4.48. The summed E-state index contributed by atoms with van der Waals surface area (Å²) in [4.78, 5) is 18.5. The van der Waals surface area contributed by atoms with E-state index in [-0.39, 0.29) is 30.5 Å². The van der Waals surface area contributed by atoms with Crippen LogP contribution >= 0.6 is 0 Å². The highest BCUT2D eigenvalue weighted by atomic mass is 16.6. The molecular weight excluding hydrogens is 488 g/mol. The number of amides is 1. The molecule has 5 rings (SSSR count). The Morgan fingerprint density at radius 3 is 2.66 bits per heavy atom. The smallest absolute Gasteiger partial charge is 0.410 e. The van der Waals surface area contributed by atoms with Gasteiger partial charge in [-0.15, -0.1) is 10.2 Å². The molecule has 3 aliphatic heterocycles. The molecule has 4 heterocycles. The summed E-state index contributed by atoms with van der Waals surface area (Å²) in [7, 11) is 0. The second-order valence-electron chi connectivity index (χ2n) is 9.60. The third-order valence-electron chi connectivity index (χ3n) is 6.42. The molecule has 2 atom stereocenters. The molecule has 2 unspecified atom stereocenters. The Morgan fingerprint density at radius 2 is 1.89 bits per heavy atom. The van der Waals surface area contributed by atoms with Gasteiger partial charge in [-0.2, -0.15) is 10.2 Å². The molecule has 1 aromatic heterocycles. The number of hydrogen-bond acceptors (Lipinski definition) is 10. The van der Waals surface area contributed by atoms with Crippen LogP contribution in [0.25, 0.3) is 0 Å². The highest BCUT2D eigenvalue weighted by Gasteiger charge is 2.27. The van der Waals surface area contributed by atoms with Crippen molar-refractivity contribution in [1.29, 1.82) is 0 Å². The quantitative estimate of drug-likeness (QED) is 0.516. The number of aromatic nitrogens is 2. The Labute approximate surface area is 221 Å². The molecule has 3 aliphatic rings. The zero-order chi connectivity index (χ0) is 26.5. The van der Waals surface area contributed by atoms with Gasteiger partial charge >= 0.3 is 6.09 Å². The summed E-state index contributed by atoms with van der Waals surface area (Å²) < 4.78 is 23.3. The molecule has 200 valence electrons. The maximum absolute atomic E-state index is 12.1. The number of rotatable bonds is 7. The van der Waals surface area contributed by atoms with Crippen LogP contribution in [-0.2, 0) is 14.2 Å². The lowest BCUT2D eigenvalue weighted by atomic mass is 10.1. The highest BCUT2D eigenvalue weighted by molar-refractivity contribution is 5.93. The Kier molecular flexibility index (Phi) is 7.92. The van der Waals surface area contributed by atoms with Crippen LogP contribution in [0.4, 0.5) is 10.5 Å². The van der Waals surface area contributed by atoms with Gasteiger partial charge in [0.1, 0.15) is 24.9 Å². The van der Waals surface area contributed by atoms with E-state index >= 15 is 0 Å². The maximum Gasteiger partial charge on any atom is 0.410 e. The molecule has 1 saturated heterocycles. The molecule has 0 N–H and O–H groups in total. The molecule has 38 heavy (non-hydrogen) atoms. The Bertz CT molecular complexity index is 1220. The minimum absolute atomic E-state index is 0.0381. The monoisotopic (exact) mass is 520 g/mol. The predicted molar refractivity (Wildman–Crippen MR) is 139 cm³/mol. The lowest BCUT2D eigenvalue weighted by Gasteiger charge is -2.33. The molecule has 1 fully saturated rings. The highest BCUT2D eigenvalue weighted by Crippen LogP contribution is 2.32. The van der Waals surface area contributed by atoms with Crippen molar-refractivity contribution < 1.29 is 23.7 Å². The van der Waals surface area contributed by atoms with Crippen molar-refractivity contribution in [2.75, 3.05) is 26.2 Å². The molecule has 0 aliphatic carbocycles. The van der Waals surface area contributed by atoms with Gasteiger partial charge in [0.15, 0.2) is 0 Å². The summed E-state index contributed by atoms with van der Waals surface area (Å²) in [6.45, 7) is 7.68. The molecule has 2 aromatic rings. The molecule has 0 radical (unpaired) electrons. The lowest BCUT2D eigenvalue weighted by Crippen LogP contribution is -2.42. The number of ether oxygens (including phenoxy) is 4. The van der Waals surface area contributed by atoms with Crippen molar-refractivity contribution in [3.8, 4) is 5.88 Å². The van der Waals surface area contributed by atoms with E-state index in [1.807, 2.05) is 51.1 Å². The topological polar surface area (TPSA) is 120 Å². The van der Waals surface area contributed by atoms with E-state index in [1.165, 1.54) is 0 Å². The van der Waals surface area contributed by atoms with Gasteiger partial charge in [-0.05, 0) is 51.8 Å². The van der Waals surface area contributed by atoms with Crippen LogP contribution in [0.1, 0.15) is 51.0 Å². The second-order valence-corrected chi connectivity index (χ2v) is 9.60. The first-order valence-electron chi connectivity index (χ1n) is 13.0. The Balaban J connectivity index is 1.16. The van der Waals surface area contributed by atoms with Gasteiger partial charge in [-0.3, -0.25) is 0 Å². The number of carbonyl (C=O) groups is 1. The number of azo groups is 1. The molecule has 0 spiro atoms. The zero-order valence-corrected chi connectivity index (χ0v) is 21.8. The van der Waals surface area contributed by atoms with Crippen LogP contribution in [0.15, 0.2) is 63.4 Å². The van der Waals surface area contributed by atoms with Crippen LogP contribution in [0.5, 0.6) is 5.88 Å². The van der Waals surface area contributed by atoms with Crippen LogP contribution in [0, 0.1) is 0 Å². The number of aliphatic imine (C=N–C) groups is 1. The van der Waals surface area contributed by atoms with Crippen LogP contribution < -0.4 is 4.74 Å². The molecule has 0 bridgehead atoms. The third-order valence-corrected chi connectivity index (χ3v) is 6.42. The second kappa shape index (κ2) is 11.7. The van der Waals surface area contributed by atoms with Crippen molar-refractivity contribution in [2.24, 2.45) is 15.2 Å². The lowest BCUT2D eigenvalue weighted by molar-refractivity contribution is -0.0222. The van der Waals surface area contributed by atoms with E-state index in [1.54, 1.807) is 17.0 Å². The Hall–Kier alpha value is -3.86. The number of benzene rings is 1. The van der Waals surface area contributed by atoms with Gasteiger partial charge < -0.3 is 23.8 Å². The van der Waals surface area contributed by atoms with Crippen molar-refractivity contribution in [2.45, 2.75) is 58.0 Å². The zero-order valence-electron chi connectivity index (χ0n) is 21.8. The van der Waals surface area contributed by atoms with Crippen molar-refractivity contribution in [3.63, 3.8) is 0 Å². The number of piperidine rings is 1. The fourth-order valence-electron chi connectivity index (χ4n) is 4.48. The number of hydrogen-bond donors (Lipinski definition) is 0. The van der Waals surface area contributed by atoms with Gasteiger partial charge in [0.2, 0.25) is 11.8 Å². The van der Waals surface area contributed by atoms with Gasteiger partial charge in [0, 0.05) is 24.7 Å². The summed E-state index contributed by atoms with van der Waals surface area (Å²) in [6, 6.07) is 11.3. The minimum Gasteiger partial charge on any atom is -0.472 e. The first-order valence-corrected chi connectivity index (χ1v) is 13.0. The van der Waals surface area contributed by atoms with Gasteiger partial charge in [0.25, 0.3) is 0 Å².